The molecule has 1 aromatic carbocycles. The van der Waals surface area contributed by atoms with Gasteiger partial charge in [-0.2, -0.15) is 0 Å². The van der Waals surface area contributed by atoms with E-state index in [-0.39, 0.29) is 11.6 Å². The van der Waals surface area contributed by atoms with E-state index in [1.54, 1.807) is 0 Å². The Morgan fingerprint density at radius 2 is 2.00 bits per heavy atom. The Balaban J connectivity index is 2.05. The number of ether oxygens (including phenoxy) is 1. The van der Waals surface area contributed by atoms with Crippen molar-refractivity contribution in [2.45, 2.75) is 71.4 Å². The second kappa shape index (κ2) is 6.83. The fourth-order valence-corrected chi connectivity index (χ4v) is 3.25. The third-order valence-electron chi connectivity index (χ3n) is 4.21. The largest absolute Gasteiger partial charge is 0.491 e. The van der Waals surface area contributed by atoms with E-state index in [2.05, 4.69) is 64.2 Å². The van der Waals surface area contributed by atoms with Crippen molar-refractivity contribution < 1.29 is 4.74 Å². The zero-order valence-electron chi connectivity index (χ0n) is 14.3. The molecule has 0 spiro atoms. The Morgan fingerprint density at radius 1 is 1.24 bits per heavy atom. The molecule has 0 saturated heterocycles. The number of benzene rings is 1. The highest BCUT2D eigenvalue weighted by atomic mass is 16.5. The predicted molar refractivity (Wildman–Crippen MR) is 90.0 cm³/mol. The first-order chi connectivity index (χ1) is 9.85. The molecule has 2 nitrogen and oxygen atoms in total. The Kier molecular flexibility index (Phi) is 5.32. The van der Waals surface area contributed by atoms with Crippen molar-refractivity contribution in [2.24, 2.45) is 5.92 Å². The van der Waals surface area contributed by atoms with E-state index in [1.807, 2.05) is 0 Å². The molecular weight excluding hydrogens is 258 g/mol. The van der Waals surface area contributed by atoms with Gasteiger partial charge in [-0.1, -0.05) is 18.6 Å². The van der Waals surface area contributed by atoms with Gasteiger partial charge in [-0.25, -0.2) is 0 Å². The first-order valence-corrected chi connectivity index (χ1v) is 8.37. The minimum atomic E-state index is 0.204. The second-order valence-corrected chi connectivity index (χ2v) is 7.67. The zero-order valence-corrected chi connectivity index (χ0v) is 14.3. The van der Waals surface area contributed by atoms with Gasteiger partial charge in [0, 0.05) is 5.54 Å². The summed E-state index contributed by atoms with van der Waals surface area (Å²) in [5, 5.41) is 3.68. The van der Waals surface area contributed by atoms with Crippen molar-refractivity contribution in [3.8, 4) is 5.75 Å². The third-order valence-corrected chi connectivity index (χ3v) is 4.21. The second-order valence-electron chi connectivity index (χ2n) is 7.67. The van der Waals surface area contributed by atoms with E-state index < -0.39 is 0 Å². The lowest BCUT2D eigenvalue weighted by atomic mass is 9.88. The molecule has 0 bridgehead atoms. The molecule has 118 valence electrons. The summed E-state index contributed by atoms with van der Waals surface area (Å²) in [6.45, 7) is 12.0. The van der Waals surface area contributed by atoms with Crippen LogP contribution in [0.2, 0.25) is 0 Å². The minimum Gasteiger partial charge on any atom is -0.491 e. The summed E-state index contributed by atoms with van der Waals surface area (Å²) in [6, 6.07) is 8.73. The maximum Gasteiger partial charge on any atom is 0.119 e. The molecule has 1 saturated carbocycles. The fraction of sp³-hybridized carbons (Fsp3) is 0.684. The lowest BCUT2D eigenvalue weighted by Gasteiger charge is -2.27. The monoisotopic (exact) mass is 289 g/mol. The van der Waals surface area contributed by atoms with E-state index >= 15 is 0 Å². The average molecular weight is 289 g/mol. The molecule has 1 fully saturated rings. The van der Waals surface area contributed by atoms with Gasteiger partial charge in [0.1, 0.15) is 5.75 Å². The van der Waals surface area contributed by atoms with Crippen LogP contribution in [0.3, 0.4) is 0 Å². The summed E-state index contributed by atoms with van der Waals surface area (Å²) in [6.07, 6.45) is 4.23. The Labute approximate surface area is 130 Å². The summed E-state index contributed by atoms with van der Waals surface area (Å²) in [5.74, 6) is 2.44. The quantitative estimate of drug-likeness (QED) is 0.845. The van der Waals surface area contributed by atoms with Crippen LogP contribution >= 0.6 is 0 Å². The number of nitrogens with one attached hydrogen (secondary N) is 1. The molecule has 21 heavy (non-hydrogen) atoms. The molecule has 0 radical (unpaired) electrons. The van der Waals surface area contributed by atoms with Gasteiger partial charge in [-0.05, 0) is 83.5 Å². The van der Waals surface area contributed by atoms with Crippen LogP contribution in [-0.2, 0) is 0 Å². The average Bonchev–Trinajstić information content (AvgIpc) is 2.83. The van der Waals surface area contributed by atoms with Crippen LogP contribution in [-0.4, -0.2) is 18.2 Å². The lowest BCUT2D eigenvalue weighted by Crippen LogP contribution is -2.39. The van der Waals surface area contributed by atoms with Gasteiger partial charge in [-0.15, -0.1) is 0 Å². The highest BCUT2D eigenvalue weighted by Gasteiger charge is 2.29. The Morgan fingerprint density at radius 3 is 2.67 bits per heavy atom. The molecule has 2 rings (SSSR count). The number of rotatable bonds is 5. The van der Waals surface area contributed by atoms with Gasteiger partial charge in [0.25, 0.3) is 0 Å². The summed E-state index contributed by atoms with van der Waals surface area (Å²) in [7, 11) is 0. The highest BCUT2D eigenvalue weighted by molar-refractivity contribution is 5.32. The van der Waals surface area contributed by atoms with Crippen molar-refractivity contribution in [3.05, 3.63) is 29.8 Å². The van der Waals surface area contributed by atoms with Crippen LogP contribution in [0.25, 0.3) is 0 Å². The van der Waals surface area contributed by atoms with E-state index in [4.69, 9.17) is 4.74 Å². The molecule has 0 aliphatic heterocycles. The van der Waals surface area contributed by atoms with Crippen LogP contribution in [0, 0.1) is 5.92 Å². The smallest absolute Gasteiger partial charge is 0.119 e. The molecule has 1 aliphatic carbocycles. The van der Waals surface area contributed by atoms with E-state index in [0.29, 0.717) is 5.92 Å². The van der Waals surface area contributed by atoms with Crippen molar-refractivity contribution in [1.29, 1.82) is 0 Å². The van der Waals surface area contributed by atoms with E-state index in [1.165, 1.54) is 24.8 Å². The fourth-order valence-electron chi connectivity index (χ4n) is 3.25. The van der Waals surface area contributed by atoms with Crippen LogP contribution < -0.4 is 10.1 Å². The molecule has 1 N–H and O–H groups in total. The summed E-state index contributed by atoms with van der Waals surface area (Å²) < 4.78 is 5.85. The van der Waals surface area contributed by atoms with Gasteiger partial charge in [0.2, 0.25) is 0 Å². The molecule has 2 heteroatoms. The van der Waals surface area contributed by atoms with Gasteiger partial charge >= 0.3 is 0 Å². The molecule has 1 aromatic rings. The lowest BCUT2D eigenvalue weighted by molar-refractivity contribution is 0.242. The maximum atomic E-state index is 5.85. The standard InChI is InChI=1S/C19H31NO/c1-14(2)21-17-10-6-8-15(12-17)18-11-7-9-16(18)13-20-19(3,4)5/h6,8,10,12,14,16,18,20H,7,9,11,13H2,1-5H3. The highest BCUT2D eigenvalue weighted by Crippen LogP contribution is 2.40. The van der Waals surface area contributed by atoms with Crippen molar-refractivity contribution in [1.82, 2.24) is 5.32 Å². The van der Waals surface area contributed by atoms with Crippen LogP contribution in [0.15, 0.2) is 24.3 Å². The molecule has 0 amide bonds. The van der Waals surface area contributed by atoms with Gasteiger partial charge in [0.05, 0.1) is 6.10 Å². The minimum absolute atomic E-state index is 0.204. The third kappa shape index (κ3) is 5.03. The van der Waals surface area contributed by atoms with E-state index in [0.717, 1.165) is 18.2 Å². The zero-order chi connectivity index (χ0) is 15.5. The van der Waals surface area contributed by atoms with Crippen LogP contribution in [0.4, 0.5) is 0 Å². The molecule has 2 unspecified atom stereocenters. The Hall–Kier alpha value is -1.02. The molecule has 0 heterocycles. The predicted octanol–water partition coefficient (Wildman–Crippen LogP) is 4.75. The van der Waals surface area contributed by atoms with Crippen molar-refractivity contribution in [3.63, 3.8) is 0 Å². The van der Waals surface area contributed by atoms with Crippen LogP contribution in [0.1, 0.15) is 65.4 Å². The molecule has 0 aromatic heterocycles. The Bertz CT molecular complexity index is 447. The van der Waals surface area contributed by atoms with E-state index in [9.17, 15) is 0 Å². The first kappa shape index (κ1) is 16.4. The topological polar surface area (TPSA) is 21.3 Å². The molecule has 2 atom stereocenters. The van der Waals surface area contributed by atoms with Gasteiger partial charge in [-0.3, -0.25) is 0 Å². The van der Waals surface area contributed by atoms with Crippen molar-refractivity contribution >= 4 is 0 Å². The summed E-state index contributed by atoms with van der Waals surface area (Å²) in [4.78, 5) is 0. The SMILES string of the molecule is CC(C)Oc1cccc(C2CCCC2CNC(C)(C)C)c1. The molecule has 1 aliphatic rings. The molecular formula is C19H31NO. The summed E-state index contributed by atoms with van der Waals surface area (Å²) in [5.41, 5.74) is 1.65. The number of hydrogen-bond donors (Lipinski definition) is 1. The van der Waals surface area contributed by atoms with Gasteiger partial charge < -0.3 is 10.1 Å². The normalized spacial score (nSPS) is 22.8. The number of hydrogen-bond acceptors (Lipinski definition) is 2. The van der Waals surface area contributed by atoms with Crippen molar-refractivity contribution in [2.75, 3.05) is 6.54 Å². The van der Waals surface area contributed by atoms with Crippen LogP contribution in [0.5, 0.6) is 5.75 Å². The summed E-state index contributed by atoms with van der Waals surface area (Å²) >= 11 is 0. The maximum absolute atomic E-state index is 5.85. The van der Waals surface area contributed by atoms with Gasteiger partial charge in [0.15, 0.2) is 0 Å². The first-order valence-electron chi connectivity index (χ1n) is 8.37.